The highest BCUT2D eigenvalue weighted by molar-refractivity contribution is 6.46. The average Bonchev–Trinajstić information content (AvgIpc) is 3.32. The number of Topliss-reactive ketones (excluding diaryl/α,β-unsaturated/α-hetero) is 1. The highest BCUT2D eigenvalue weighted by Crippen LogP contribution is 2.39. The summed E-state index contributed by atoms with van der Waals surface area (Å²) in [6.07, 6.45) is 2.31. The van der Waals surface area contributed by atoms with Crippen molar-refractivity contribution in [3.63, 3.8) is 0 Å². The Kier molecular flexibility index (Phi) is 6.16. The summed E-state index contributed by atoms with van der Waals surface area (Å²) in [7, 11) is 1.51. The fraction of sp³-hybridized carbons (Fsp3) is 0.333. The van der Waals surface area contributed by atoms with Crippen molar-refractivity contribution < 1.29 is 28.6 Å². The Morgan fingerprint density at radius 3 is 2.71 bits per heavy atom. The lowest BCUT2D eigenvalue weighted by molar-refractivity contribution is -0.140. The highest BCUT2D eigenvalue weighted by atomic mass is 16.5. The fourth-order valence-corrected chi connectivity index (χ4v) is 3.15. The van der Waals surface area contributed by atoms with E-state index in [1.54, 1.807) is 36.4 Å². The number of hydrogen-bond donors (Lipinski definition) is 1. The normalized spacial score (nSPS) is 18.6. The first-order valence-electron chi connectivity index (χ1n) is 9.12. The van der Waals surface area contributed by atoms with Crippen LogP contribution < -0.4 is 4.74 Å². The highest BCUT2D eigenvalue weighted by Gasteiger charge is 2.47. The summed E-state index contributed by atoms with van der Waals surface area (Å²) in [6, 6.07) is 9.33. The summed E-state index contributed by atoms with van der Waals surface area (Å²) in [5, 5.41) is 10.9. The minimum absolute atomic E-state index is 0.0105. The van der Waals surface area contributed by atoms with Crippen molar-refractivity contribution >= 4 is 17.4 Å². The Hall–Kier alpha value is -3.06. The predicted molar refractivity (Wildman–Crippen MR) is 102 cm³/mol. The molecule has 28 heavy (non-hydrogen) atoms. The van der Waals surface area contributed by atoms with Crippen molar-refractivity contribution in [1.29, 1.82) is 0 Å². The second kappa shape index (κ2) is 8.75. The van der Waals surface area contributed by atoms with Crippen molar-refractivity contribution in [3.05, 3.63) is 59.6 Å². The van der Waals surface area contributed by atoms with Crippen LogP contribution in [0.2, 0.25) is 0 Å². The molecule has 1 aliphatic rings. The third kappa shape index (κ3) is 3.80. The Morgan fingerprint density at radius 1 is 1.21 bits per heavy atom. The molecule has 7 heteroatoms. The van der Waals surface area contributed by atoms with Crippen LogP contribution in [-0.4, -0.2) is 48.6 Å². The summed E-state index contributed by atoms with van der Waals surface area (Å²) >= 11 is 0. The van der Waals surface area contributed by atoms with Gasteiger partial charge in [0.25, 0.3) is 11.7 Å². The minimum atomic E-state index is -0.814. The molecule has 1 N–H and O–H groups in total. The van der Waals surface area contributed by atoms with Gasteiger partial charge < -0.3 is 23.9 Å². The zero-order valence-electron chi connectivity index (χ0n) is 15.9. The van der Waals surface area contributed by atoms with Crippen LogP contribution in [0.1, 0.15) is 30.7 Å². The summed E-state index contributed by atoms with van der Waals surface area (Å²) in [5.74, 6) is -0.737. The van der Waals surface area contributed by atoms with Crippen molar-refractivity contribution in [1.82, 2.24) is 4.90 Å². The standard InChI is InChI=1S/C21H23NO6/c1-3-10-27-15-7-4-6-14(13-15)19(23)17-18(16-8-5-11-28-16)22(9-12-26-2)21(25)20(17)24/h4-8,11,13,18,23H,3,9-10,12H2,1-2H3/b19-17+. The third-order valence-corrected chi connectivity index (χ3v) is 4.47. The first-order valence-corrected chi connectivity index (χ1v) is 9.12. The molecule has 1 aliphatic heterocycles. The molecule has 2 aromatic rings. The Morgan fingerprint density at radius 2 is 2.04 bits per heavy atom. The van der Waals surface area contributed by atoms with Crippen LogP contribution in [0.25, 0.3) is 5.76 Å². The van der Waals surface area contributed by atoms with Crippen LogP contribution in [0.3, 0.4) is 0 Å². The third-order valence-electron chi connectivity index (χ3n) is 4.47. The number of nitrogens with zero attached hydrogens (tertiary/aromatic N) is 1. The van der Waals surface area contributed by atoms with Gasteiger partial charge in [0.1, 0.15) is 23.3 Å². The van der Waals surface area contributed by atoms with E-state index >= 15 is 0 Å². The maximum absolute atomic E-state index is 12.7. The number of amides is 1. The van der Waals surface area contributed by atoms with Gasteiger partial charge in [-0.1, -0.05) is 19.1 Å². The van der Waals surface area contributed by atoms with Gasteiger partial charge in [-0.05, 0) is 30.7 Å². The Labute approximate surface area is 163 Å². The van der Waals surface area contributed by atoms with Crippen LogP contribution in [-0.2, 0) is 14.3 Å². The van der Waals surface area contributed by atoms with Gasteiger partial charge in [0.15, 0.2) is 0 Å². The molecule has 1 aromatic heterocycles. The van der Waals surface area contributed by atoms with Crippen LogP contribution in [0, 0.1) is 0 Å². The van der Waals surface area contributed by atoms with E-state index in [-0.39, 0.29) is 24.5 Å². The number of carbonyl (C=O) groups excluding carboxylic acids is 2. The summed E-state index contributed by atoms with van der Waals surface area (Å²) in [6.45, 7) is 2.99. The number of ketones is 1. The molecular formula is C21H23NO6. The SMILES string of the molecule is CCCOc1cccc(/C(O)=C2\C(=O)C(=O)N(CCOC)C2c2ccco2)c1. The number of likely N-dealkylation sites (tertiary alicyclic amines) is 1. The maximum atomic E-state index is 12.7. The number of aliphatic hydroxyl groups excluding tert-OH is 1. The Bertz CT molecular complexity index is 871. The van der Waals surface area contributed by atoms with Crippen molar-refractivity contribution in [3.8, 4) is 5.75 Å². The van der Waals surface area contributed by atoms with Crippen molar-refractivity contribution in [2.24, 2.45) is 0 Å². The Balaban J connectivity index is 2.06. The van der Waals surface area contributed by atoms with Crippen LogP contribution >= 0.6 is 0 Å². The molecule has 0 spiro atoms. The van der Waals surface area contributed by atoms with Gasteiger partial charge in [-0.15, -0.1) is 0 Å². The molecule has 0 saturated carbocycles. The van der Waals surface area contributed by atoms with Crippen LogP contribution in [0.5, 0.6) is 5.75 Å². The molecule has 1 saturated heterocycles. The van der Waals surface area contributed by atoms with Gasteiger partial charge in [-0.3, -0.25) is 9.59 Å². The molecule has 0 aliphatic carbocycles. The van der Waals surface area contributed by atoms with Gasteiger partial charge in [0, 0.05) is 19.2 Å². The van der Waals surface area contributed by atoms with Crippen LogP contribution in [0.15, 0.2) is 52.7 Å². The molecule has 2 heterocycles. The first-order chi connectivity index (χ1) is 13.6. The second-order valence-corrected chi connectivity index (χ2v) is 6.38. The number of furan rings is 1. The molecule has 1 fully saturated rings. The van der Waals surface area contributed by atoms with E-state index in [0.29, 0.717) is 23.7 Å². The number of rotatable bonds is 8. The van der Waals surface area contributed by atoms with Crippen molar-refractivity contribution in [2.45, 2.75) is 19.4 Å². The van der Waals surface area contributed by atoms with E-state index in [2.05, 4.69) is 0 Å². The van der Waals surface area contributed by atoms with Crippen LogP contribution in [0.4, 0.5) is 0 Å². The lowest BCUT2D eigenvalue weighted by Crippen LogP contribution is -2.32. The van der Waals surface area contributed by atoms with E-state index in [1.165, 1.54) is 18.3 Å². The molecule has 1 amide bonds. The quantitative estimate of drug-likeness (QED) is 0.427. The number of ether oxygens (including phenoxy) is 2. The van der Waals surface area contributed by atoms with Gasteiger partial charge in [0.2, 0.25) is 0 Å². The lowest BCUT2D eigenvalue weighted by atomic mass is 9.99. The minimum Gasteiger partial charge on any atom is -0.507 e. The number of methoxy groups -OCH3 is 1. The fourth-order valence-electron chi connectivity index (χ4n) is 3.15. The van der Waals surface area contributed by atoms with E-state index in [0.717, 1.165) is 6.42 Å². The number of hydrogen-bond acceptors (Lipinski definition) is 6. The molecular weight excluding hydrogens is 362 g/mol. The average molecular weight is 385 g/mol. The summed E-state index contributed by atoms with van der Waals surface area (Å²) < 4.78 is 16.1. The largest absolute Gasteiger partial charge is 0.507 e. The topological polar surface area (TPSA) is 89.2 Å². The molecule has 3 rings (SSSR count). The zero-order chi connectivity index (χ0) is 20.1. The first kappa shape index (κ1) is 19.7. The van der Waals surface area contributed by atoms with E-state index in [9.17, 15) is 14.7 Å². The maximum Gasteiger partial charge on any atom is 0.295 e. The molecule has 1 unspecified atom stereocenters. The molecule has 7 nitrogen and oxygen atoms in total. The second-order valence-electron chi connectivity index (χ2n) is 6.38. The molecule has 0 radical (unpaired) electrons. The number of benzene rings is 1. The van der Waals surface area contributed by atoms with Crippen molar-refractivity contribution in [2.75, 3.05) is 26.9 Å². The van der Waals surface area contributed by atoms with Gasteiger partial charge in [-0.25, -0.2) is 0 Å². The molecule has 0 bridgehead atoms. The smallest absolute Gasteiger partial charge is 0.295 e. The molecule has 1 atom stereocenters. The number of carbonyl (C=O) groups is 2. The molecule has 148 valence electrons. The van der Waals surface area contributed by atoms with E-state index in [1.807, 2.05) is 6.92 Å². The summed E-state index contributed by atoms with van der Waals surface area (Å²) in [4.78, 5) is 26.7. The van der Waals surface area contributed by atoms with Gasteiger partial charge in [-0.2, -0.15) is 0 Å². The van der Waals surface area contributed by atoms with Gasteiger partial charge >= 0.3 is 0 Å². The van der Waals surface area contributed by atoms with E-state index in [4.69, 9.17) is 13.9 Å². The summed E-state index contributed by atoms with van der Waals surface area (Å²) in [5.41, 5.74) is 0.388. The number of aliphatic hydroxyl groups is 1. The zero-order valence-corrected chi connectivity index (χ0v) is 15.9. The van der Waals surface area contributed by atoms with Gasteiger partial charge in [0.05, 0.1) is 25.1 Å². The monoisotopic (exact) mass is 385 g/mol. The molecule has 1 aromatic carbocycles. The van der Waals surface area contributed by atoms with E-state index < -0.39 is 17.7 Å². The lowest BCUT2D eigenvalue weighted by Gasteiger charge is -2.22. The predicted octanol–water partition coefficient (Wildman–Crippen LogP) is 3.14.